The number of aliphatic carboxylic acids is 1. The van der Waals surface area contributed by atoms with Gasteiger partial charge in [-0.15, -0.1) is 0 Å². The zero-order chi connectivity index (χ0) is 31.9. The van der Waals surface area contributed by atoms with Gasteiger partial charge in [-0.25, -0.2) is 9.59 Å². The minimum absolute atomic E-state index is 0.0796. The molecule has 0 saturated heterocycles. The van der Waals surface area contributed by atoms with Crippen LogP contribution in [0.5, 0.6) is 5.75 Å². The van der Waals surface area contributed by atoms with E-state index in [-0.39, 0.29) is 17.0 Å². The van der Waals surface area contributed by atoms with E-state index >= 15 is 0 Å². The highest BCUT2D eigenvalue weighted by molar-refractivity contribution is 5.94. The van der Waals surface area contributed by atoms with Crippen molar-refractivity contribution in [1.82, 2.24) is 10.6 Å². The fraction of sp³-hybridized carbons (Fsp3) is 0.281. The molecule has 0 fully saturated rings. The van der Waals surface area contributed by atoms with Gasteiger partial charge in [-0.3, -0.25) is 4.79 Å². The number of amides is 3. The first-order valence-corrected chi connectivity index (χ1v) is 13.9. The van der Waals surface area contributed by atoms with E-state index in [1.165, 1.54) is 30.9 Å². The van der Waals surface area contributed by atoms with Crippen LogP contribution in [0.25, 0.3) is 5.57 Å². The van der Waals surface area contributed by atoms with Crippen LogP contribution in [0, 0.1) is 0 Å². The van der Waals surface area contributed by atoms with Crippen LogP contribution in [0.4, 0.5) is 23.7 Å². The molecule has 0 saturated carbocycles. The lowest BCUT2D eigenvalue weighted by atomic mass is 9.91. The molecule has 4 rings (SSSR count). The van der Waals surface area contributed by atoms with E-state index in [4.69, 9.17) is 9.84 Å². The highest BCUT2D eigenvalue weighted by Crippen LogP contribution is 2.34. The van der Waals surface area contributed by atoms with Crippen LogP contribution in [0.15, 0.2) is 72.8 Å². The van der Waals surface area contributed by atoms with Gasteiger partial charge in [0.1, 0.15) is 5.75 Å². The summed E-state index contributed by atoms with van der Waals surface area (Å²) in [6.45, 7) is -0.483. The monoisotopic (exact) mass is 611 g/mol. The molecule has 3 aromatic carbocycles. The average Bonchev–Trinajstić information content (AvgIpc) is 3.02. The Morgan fingerprint density at radius 1 is 0.955 bits per heavy atom. The summed E-state index contributed by atoms with van der Waals surface area (Å²) >= 11 is 0. The van der Waals surface area contributed by atoms with Crippen molar-refractivity contribution < 1.29 is 42.5 Å². The Kier molecular flexibility index (Phi) is 10.3. The first-order valence-electron chi connectivity index (χ1n) is 13.9. The molecule has 44 heavy (non-hydrogen) atoms. The van der Waals surface area contributed by atoms with Crippen molar-refractivity contribution >= 4 is 29.2 Å². The lowest BCUT2D eigenvalue weighted by molar-refractivity contribution is -0.146. The van der Waals surface area contributed by atoms with Gasteiger partial charge in [0, 0.05) is 17.3 Å². The molecule has 0 spiro atoms. The third kappa shape index (κ3) is 8.38. The second kappa shape index (κ2) is 14.1. The van der Waals surface area contributed by atoms with E-state index in [9.17, 15) is 32.7 Å². The number of rotatable bonds is 10. The van der Waals surface area contributed by atoms with Crippen LogP contribution in [-0.2, 0) is 11.0 Å². The summed E-state index contributed by atoms with van der Waals surface area (Å²) in [5.74, 6) is -2.16. The van der Waals surface area contributed by atoms with Gasteiger partial charge in [0.15, 0.2) is 6.10 Å². The number of urea groups is 1. The Morgan fingerprint density at radius 2 is 1.61 bits per heavy atom. The number of carbonyl (C=O) groups is 3. The van der Waals surface area contributed by atoms with E-state index in [1.807, 2.05) is 24.3 Å². The molecule has 0 heterocycles. The maximum Gasteiger partial charge on any atom is 0.416 e. The minimum atomic E-state index is -4.65. The number of carboxylic acid groups (broad SMARTS) is 1. The summed E-state index contributed by atoms with van der Waals surface area (Å²) in [6, 6.07) is 15.1. The molecule has 3 amide bonds. The van der Waals surface area contributed by atoms with Crippen LogP contribution in [0.1, 0.15) is 64.3 Å². The Hall–Kier alpha value is -4.84. The number of allylic oxidation sites excluding steroid dienone is 2. The standard InChI is InChI=1S/C32H32F3N3O6/c1-44-26-16-24(32(33,34)35)15-25(17-26)37-31(43)38-28(21-9-7-20(8-10-21)19-5-3-2-4-6-19)22-11-13-23(14-12-22)29(40)36-18-27(39)30(41)42/h5,7-17,27-28,39H,2-4,6,18H2,1H3,(H,36,40)(H,41,42)(H2,37,38,43)/t27-,28?/m1/s1. The van der Waals surface area contributed by atoms with Gasteiger partial charge < -0.3 is 30.9 Å². The summed E-state index contributed by atoms with van der Waals surface area (Å²) in [6.07, 6.45) is 0.0360. The van der Waals surface area contributed by atoms with Gasteiger partial charge in [0.05, 0.1) is 25.3 Å². The fourth-order valence-electron chi connectivity index (χ4n) is 4.81. The normalized spacial score (nSPS) is 14.5. The van der Waals surface area contributed by atoms with Crippen LogP contribution < -0.4 is 20.7 Å². The number of carboxylic acids is 1. The second-order valence-corrected chi connectivity index (χ2v) is 10.3. The molecule has 2 atom stereocenters. The predicted molar refractivity (Wildman–Crippen MR) is 157 cm³/mol. The van der Waals surface area contributed by atoms with Crippen molar-refractivity contribution in [2.45, 2.75) is 44.0 Å². The number of carbonyl (C=O) groups excluding carboxylic acids is 2. The SMILES string of the molecule is COc1cc(NC(=O)NC(c2ccc(C(=O)NC[C@@H](O)C(=O)O)cc2)c2ccc(C3=CCCCC3)cc2)cc(C(F)(F)F)c1. The number of nitrogens with one attached hydrogen (secondary N) is 3. The van der Waals surface area contributed by atoms with Crippen molar-refractivity contribution in [1.29, 1.82) is 0 Å². The summed E-state index contributed by atoms with van der Waals surface area (Å²) in [7, 11) is 1.22. The van der Waals surface area contributed by atoms with Gasteiger partial charge in [0.25, 0.3) is 5.91 Å². The van der Waals surface area contributed by atoms with E-state index in [0.717, 1.165) is 43.4 Å². The Balaban J connectivity index is 1.59. The van der Waals surface area contributed by atoms with Crippen molar-refractivity contribution in [3.05, 3.63) is 101 Å². The molecule has 1 aliphatic carbocycles. The molecule has 0 radical (unpaired) electrons. The molecule has 0 aromatic heterocycles. The highest BCUT2D eigenvalue weighted by Gasteiger charge is 2.32. The summed E-state index contributed by atoms with van der Waals surface area (Å²) in [4.78, 5) is 36.4. The maximum atomic E-state index is 13.4. The van der Waals surface area contributed by atoms with Gasteiger partial charge in [0.2, 0.25) is 0 Å². The molecular formula is C32H32F3N3O6. The number of methoxy groups -OCH3 is 1. The van der Waals surface area contributed by atoms with Crippen molar-refractivity contribution in [3.63, 3.8) is 0 Å². The van der Waals surface area contributed by atoms with Crippen LogP contribution in [0.3, 0.4) is 0 Å². The van der Waals surface area contributed by atoms with Gasteiger partial charge in [-0.05, 0) is 72.2 Å². The fourth-order valence-corrected chi connectivity index (χ4v) is 4.81. The van der Waals surface area contributed by atoms with Crippen LogP contribution in [0.2, 0.25) is 0 Å². The number of aliphatic hydroxyl groups excluding tert-OH is 1. The van der Waals surface area contributed by atoms with E-state index < -0.39 is 48.3 Å². The lowest BCUT2D eigenvalue weighted by Gasteiger charge is -2.22. The minimum Gasteiger partial charge on any atom is -0.497 e. The quantitative estimate of drug-likeness (QED) is 0.198. The number of anilines is 1. The average molecular weight is 612 g/mol. The molecule has 3 aromatic rings. The number of benzene rings is 3. The predicted octanol–water partition coefficient (Wildman–Crippen LogP) is 5.76. The van der Waals surface area contributed by atoms with E-state index in [1.54, 1.807) is 12.1 Å². The number of hydrogen-bond donors (Lipinski definition) is 5. The highest BCUT2D eigenvalue weighted by atomic mass is 19.4. The van der Waals surface area contributed by atoms with Gasteiger partial charge >= 0.3 is 18.2 Å². The summed E-state index contributed by atoms with van der Waals surface area (Å²) in [5, 5.41) is 25.8. The molecule has 12 heteroatoms. The van der Waals surface area contributed by atoms with E-state index in [0.29, 0.717) is 11.1 Å². The topological polar surface area (TPSA) is 137 Å². The van der Waals surface area contributed by atoms with Crippen LogP contribution in [-0.4, -0.2) is 47.9 Å². The molecule has 232 valence electrons. The first-order chi connectivity index (χ1) is 20.9. The van der Waals surface area contributed by atoms with E-state index in [2.05, 4.69) is 22.0 Å². The molecule has 9 nitrogen and oxygen atoms in total. The third-order valence-electron chi connectivity index (χ3n) is 7.16. The number of halogens is 3. The van der Waals surface area contributed by atoms with Crippen molar-refractivity contribution in [3.8, 4) is 5.75 Å². The third-order valence-corrected chi connectivity index (χ3v) is 7.16. The number of aliphatic hydroxyl groups is 1. The molecule has 0 aliphatic heterocycles. The zero-order valence-corrected chi connectivity index (χ0v) is 23.8. The van der Waals surface area contributed by atoms with Crippen molar-refractivity contribution in [2.75, 3.05) is 19.0 Å². The summed E-state index contributed by atoms with van der Waals surface area (Å²) in [5.41, 5.74) is 2.63. The molecule has 0 bridgehead atoms. The molecule has 1 aliphatic rings. The summed E-state index contributed by atoms with van der Waals surface area (Å²) < 4.78 is 45.2. The van der Waals surface area contributed by atoms with Crippen LogP contribution >= 0.6 is 0 Å². The largest absolute Gasteiger partial charge is 0.497 e. The van der Waals surface area contributed by atoms with Gasteiger partial charge in [-0.2, -0.15) is 13.2 Å². The molecular weight excluding hydrogens is 579 g/mol. The number of ether oxygens (including phenoxy) is 1. The molecule has 5 N–H and O–H groups in total. The zero-order valence-electron chi connectivity index (χ0n) is 23.8. The lowest BCUT2D eigenvalue weighted by Crippen LogP contribution is -2.36. The van der Waals surface area contributed by atoms with Gasteiger partial charge in [-0.1, -0.05) is 42.5 Å². The smallest absolute Gasteiger partial charge is 0.416 e. The number of alkyl halides is 3. The second-order valence-electron chi connectivity index (χ2n) is 10.3. The Labute approximate surface area is 251 Å². The number of hydrogen-bond acceptors (Lipinski definition) is 5. The molecule has 1 unspecified atom stereocenters. The Morgan fingerprint density at radius 3 is 2.18 bits per heavy atom. The first kappa shape index (κ1) is 32.1. The van der Waals surface area contributed by atoms with Crippen molar-refractivity contribution in [2.24, 2.45) is 0 Å². The maximum absolute atomic E-state index is 13.4. The Bertz CT molecular complexity index is 1520.